The van der Waals surface area contributed by atoms with E-state index in [9.17, 15) is 4.79 Å². The quantitative estimate of drug-likeness (QED) is 0.0675. The van der Waals surface area contributed by atoms with Crippen LogP contribution in [0.1, 0.15) is 146 Å². The van der Waals surface area contributed by atoms with Gasteiger partial charge in [-0.1, -0.05) is 111 Å². The number of hydrogen-bond donors (Lipinski definition) is 1. The largest absolute Gasteiger partial charge is 0.444 e. The van der Waals surface area contributed by atoms with Crippen molar-refractivity contribution in [1.82, 2.24) is 5.32 Å². The van der Waals surface area contributed by atoms with Gasteiger partial charge in [-0.25, -0.2) is 4.79 Å². The van der Waals surface area contributed by atoms with Crippen molar-refractivity contribution in [3.8, 4) is 0 Å². The third-order valence-electron chi connectivity index (χ3n) is 11.5. The lowest BCUT2D eigenvalue weighted by Crippen LogP contribution is -2.37. The Morgan fingerprint density at radius 3 is 1.81 bits per heavy atom. The predicted octanol–water partition coefficient (Wildman–Crippen LogP) is 13.4. The first kappa shape index (κ1) is 52.3. The van der Waals surface area contributed by atoms with E-state index < -0.39 is 11.7 Å². The van der Waals surface area contributed by atoms with Gasteiger partial charge in [-0.3, -0.25) is 0 Å². The lowest BCUT2D eigenvalue weighted by Gasteiger charge is -2.33. The van der Waals surface area contributed by atoms with Crippen LogP contribution in [-0.2, 0) is 25.5 Å². The second-order valence-electron chi connectivity index (χ2n) is 19.5. The van der Waals surface area contributed by atoms with Gasteiger partial charge in [-0.05, 0) is 133 Å². The van der Waals surface area contributed by atoms with E-state index in [0.717, 1.165) is 24.2 Å². The van der Waals surface area contributed by atoms with Gasteiger partial charge in [-0.2, -0.15) is 4.57 Å². The topological polar surface area (TPSA) is 69.9 Å². The van der Waals surface area contributed by atoms with Crippen molar-refractivity contribution in [3.63, 3.8) is 0 Å². The molecule has 0 radical (unpaired) electrons. The number of allylic oxidation sites excluding steroid dienone is 16. The summed E-state index contributed by atoms with van der Waals surface area (Å²) < 4.78 is 24.8. The highest BCUT2D eigenvalue weighted by Gasteiger charge is 2.27. The molecule has 0 fully saturated rings. The summed E-state index contributed by atoms with van der Waals surface area (Å²) in [5.74, 6) is 0. The Bertz CT molecular complexity index is 1870. The van der Waals surface area contributed by atoms with E-state index in [1.807, 2.05) is 20.8 Å². The highest BCUT2D eigenvalue weighted by atomic mass is 16.6. The van der Waals surface area contributed by atoms with E-state index in [1.165, 1.54) is 77.5 Å². The Hall–Kier alpha value is -4.04. The van der Waals surface area contributed by atoms with Gasteiger partial charge in [0.2, 0.25) is 5.69 Å². The number of carbonyl (C=O) groups excluding carboxylic acids is 1. The van der Waals surface area contributed by atoms with Crippen molar-refractivity contribution < 1.29 is 28.3 Å². The van der Waals surface area contributed by atoms with Crippen LogP contribution in [0, 0.1) is 10.8 Å². The second kappa shape index (κ2) is 26.6. The summed E-state index contributed by atoms with van der Waals surface area (Å²) in [5, 5.41) is 2.74. The molecule has 0 unspecified atom stereocenters. The molecular formula is C55H83N2O5+. The molecule has 1 heterocycles. The molecule has 0 bridgehead atoms. The van der Waals surface area contributed by atoms with Crippen LogP contribution in [0.4, 0.5) is 4.79 Å². The molecule has 2 aliphatic carbocycles. The van der Waals surface area contributed by atoms with Crippen molar-refractivity contribution >= 4 is 18.2 Å². The number of pyridine rings is 1. The van der Waals surface area contributed by atoms with Crippen molar-refractivity contribution in [2.24, 2.45) is 10.8 Å². The molecule has 0 saturated heterocycles. The van der Waals surface area contributed by atoms with Crippen LogP contribution in [0.2, 0.25) is 0 Å². The summed E-state index contributed by atoms with van der Waals surface area (Å²) in [6.07, 6.45) is 35.5. The van der Waals surface area contributed by atoms with Crippen LogP contribution in [0.15, 0.2) is 112 Å². The van der Waals surface area contributed by atoms with Gasteiger partial charge in [0.05, 0.1) is 33.0 Å². The van der Waals surface area contributed by atoms with Gasteiger partial charge in [0.1, 0.15) is 5.60 Å². The Balaban J connectivity index is 1.57. The van der Waals surface area contributed by atoms with Crippen molar-refractivity contribution in [2.45, 2.75) is 147 Å². The summed E-state index contributed by atoms with van der Waals surface area (Å²) in [6, 6.07) is 4.46. The monoisotopic (exact) mass is 852 g/mol. The van der Waals surface area contributed by atoms with Gasteiger partial charge in [0.25, 0.3) is 0 Å². The first-order valence-corrected chi connectivity index (χ1v) is 23.2. The van der Waals surface area contributed by atoms with Crippen LogP contribution in [0.5, 0.6) is 0 Å². The second-order valence-corrected chi connectivity index (χ2v) is 19.5. The van der Waals surface area contributed by atoms with E-state index in [2.05, 4.69) is 157 Å². The maximum atomic E-state index is 11.7. The van der Waals surface area contributed by atoms with Crippen LogP contribution in [0.25, 0.3) is 12.2 Å². The third kappa shape index (κ3) is 20.4. The molecule has 0 saturated carbocycles. The summed E-state index contributed by atoms with van der Waals surface area (Å²) in [6.45, 7) is 30.8. The molecule has 62 heavy (non-hydrogen) atoms. The fourth-order valence-electron chi connectivity index (χ4n) is 8.06. The number of ether oxygens (including phenoxy) is 4. The van der Waals surface area contributed by atoms with Crippen LogP contribution < -0.4 is 9.88 Å². The zero-order chi connectivity index (χ0) is 45.6. The summed E-state index contributed by atoms with van der Waals surface area (Å²) in [5.41, 5.74) is 12.0. The van der Waals surface area contributed by atoms with E-state index in [4.69, 9.17) is 18.9 Å². The van der Waals surface area contributed by atoms with Crippen molar-refractivity contribution in [3.05, 3.63) is 123 Å². The molecule has 1 aromatic heterocycles. The van der Waals surface area contributed by atoms with Crippen LogP contribution in [0.3, 0.4) is 0 Å². The van der Waals surface area contributed by atoms with Crippen molar-refractivity contribution in [1.29, 1.82) is 0 Å². The maximum absolute atomic E-state index is 11.7. The molecule has 3 rings (SSSR count). The summed E-state index contributed by atoms with van der Waals surface area (Å²) in [4.78, 5) is 11.7. The first-order chi connectivity index (χ1) is 29.4. The molecule has 7 heteroatoms. The predicted molar refractivity (Wildman–Crippen MR) is 261 cm³/mol. The lowest BCUT2D eigenvalue weighted by atomic mass is 9.72. The van der Waals surface area contributed by atoms with E-state index in [1.54, 1.807) is 0 Å². The maximum Gasteiger partial charge on any atom is 0.407 e. The standard InChI is InChI=1S/C55H82N2O5/c1-43(25-27-50-46(4)22-15-30-54(50,9)10)19-13-21-45(3)41-49-42-48(24-14-20-44(2)26-28-51-47(5)23-16-31-55(51,11)12)29-34-57(49)33-18-36-60-38-40-61-39-37-59-35-17-32-56-52(58)62-53(6,7)8/h13-14,19-21,24-29,34,41-42H,15-18,22-23,30-33,35-40H2,1-12H3/p+1. The third-order valence-corrected chi connectivity index (χ3v) is 11.5. The van der Waals surface area contributed by atoms with E-state index >= 15 is 0 Å². The highest BCUT2D eigenvalue weighted by molar-refractivity contribution is 5.67. The number of hydrogen-bond acceptors (Lipinski definition) is 5. The SMILES string of the molecule is CC(C=CC1=C(C)CCCC1(C)C)=CC=CC(C)=Cc1cc(C=CC=C(C)C=CC2=C(C)CCCC2(C)C)cc[n+]1CCCOCCOCCOCCCNC(=O)OC(C)(C)C. The van der Waals surface area contributed by atoms with Gasteiger partial charge >= 0.3 is 6.09 Å². The number of amides is 1. The Morgan fingerprint density at radius 2 is 1.26 bits per heavy atom. The molecule has 0 aromatic carbocycles. The number of nitrogens with zero attached hydrogens (tertiary/aromatic N) is 1. The smallest absolute Gasteiger partial charge is 0.407 e. The number of alkyl carbamates (subject to hydrolysis) is 1. The molecule has 0 spiro atoms. The number of aromatic nitrogens is 1. The fourth-order valence-corrected chi connectivity index (χ4v) is 8.06. The molecule has 0 atom stereocenters. The molecule has 0 aliphatic heterocycles. The summed E-state index contributed by atoms with van der Waals surface area (Å²) in [7, 11) is 0. The van der Waals surface area contributed by atoms with E-state index in [-0.39, 0.29) is 10.8 Å². The van der Waals surface area contributed by atoms with Crippen LogP contribution >= 0.6 is 0 Å². The Kier molecular flexibility index (Phi) is 22.4. The van der Waals surface area contributed by atoms with Crippen molar-refractivity contribution in [2.75, 3.05) is 46.2 Å². The minimum atomic E-state index is -0.497. The molecular weight excluding hydrogens is 769 g/mol. The Labute approximate surface area is 377 Å². The average Bonchev–Trinajstić information content (AvgIpc) is 3.17. The van der Waals surface area contributed by atoms with E-state index in [0.29, 0.717) is 52.6 Å². The molecule has 1 aromatic rings. The van der Waals surface area contributed by atoms with Gasteiger partial charge < -0.3 is 24.3 Å². The Morgan fingerprint density at radius 1 is 0.726 bits per heavy atom. The van der Waals surface area contributed by atoms with Gasteiger partial charge in [0, 0.05) is 37.8 Å². The number of carbonyl (C=O) groups is 1. The molecule has 1 N–H and O–H groups in total. The van der Waals surface area contributed by atoms with Crippen LogP contribution in [-0.4, -0.2) is 57.9 Å². The normalized spacial score (nSPS) is 18.0. The minimum Gasteiger partial charge on any atom is -0.444 e. The average molecular weight is 852 g/mol. The number of rotatable bonds is 23. The molecule has 2 aliphatic rings. The number of nitrogens with one attached hydrogen (secondary N) is 1. The zero-order valence-electron chi connectivity index (χ0n) is 40.9. The first-order valence-electron chi connectivity index (χ1n) is 23.2. The zero-order valence-corrected chi connectivity index (χ0v) is 40.9. The number of aryl methyl sites for hydroxylation is 1. The minimum absolute atomic E-state index is 0.241. The van der Waals surface area contributed by atoms with Gasteiger partial charge in [0.15, 0.2) is 12.7 Å². The fraction of sp³-hybridized carbons (Fsp3) is 0.564. The molecule has 342 valence electrons. The lowest BCUT2D eigenvalue weighted by molar-refractivity contribution is -0.699. The molecule has 1 amide bonds. The summed E-state index contributed by atoms with van der Waals surface area (Å²) >= 11 is 0. The van der Waals surface area contributed by atoms with Gasteiger partial charge in [-0.15, -0.1) is 0 Å². The molecule has 7 nitrogen and oxygen atoms in total. The highest BCUT2D eigenvalue weighted by Crippen LogP contribution is 2.41.